The van der Waals surface area contributed by atoms with Crippen LogP contribution >= 0.6 is 11.6 Å². The van der Waals surface area contributed by atoms with Crippen molar-refractivity contribution in [1.82, 2.24) is 19.8 Å². The van der Waals surface area contributed by atoms with Crippen LogP contribution in [0.5, 0.6) is 0 Å². The van der Waals surface area contributed by atoms with Crippen LogP contribution in [0.2, 0.25) is 41.3 Å². The van der Waals surface area contributed by atoms with E-state index in [2.05, 4.69) is 88.2 Å². The highest BCUT2D eigenvalue weighted by Crippen LogP contribution is 2.39. The molecule has 0 fully saturated rings. The quantitative estimate of drug-likeness (QED) is 0.112. The first-order valence-corrected chi connectivity index (χ1v) is 29.2. The normalized spacial score (nSPS) is 13.8. The van der Waals surface area contributed by atoms with E-state index >= 15 is 0 Å². The number of nitrogens with one attached hydrogen (secondary N) is 2. The van der Waals surface area contributed by atoms with Crippen molar-refractivity contribution < 1.29 is 28.0 Å². The molecule has 0 atom stereocenters. The van der Waals surface area contributed by atoms with Gasteiger partial charge in [0.25, 0.3) is 11.8 Å². The van der Waals surface area contributed by atoms with Crippen LogP contribution in [-0.4, -0.2) is 92.8 Å². The van der Waals surface area contributed by atoms with E-state index in [9.17, 15) is 14.4 Å². The number of benzene rings is 2. The summed E-state index contributed by atoms with van der Waals surface area (Å²) in [6, 6.07) is 16.4. The van der Waals surface area contributed by atoms with Crippen molar-refractivity contribution in [3.63, 3.8) is 0 Å². The minimum absolute atomic E-state index is 0.0354. The number of hydrogen-bond acceptors (Lipinski definition) is 9. The zero-order valence-corrected chi connectivity index (χ0v) is 44.8. The minimum atomic E-state index is -2.03. The number of rotatable bonds is 15. The van der Waals surface area contributed by atoms with Gasteiger partial charge >= 0.3 is 6.09 Å². The molecule has 5 rings (SSSR count). The van der Waals surface area contributed by atoms with Gasteiger partial charge in [-0.1, -0.05) is 83.5 Å². The highest BCUT2D eigenvalue weighted by Gasteiger charge is 2.38. The third-order valence-electron chi connectivity index (χ3n) is 13.2. The number of aromatic nitrogens is 2. The van der Waals surface area contributed by atoms with Gasteiger partial charge in [0.1, 0.15) is 17.0 Å². The number of aryl methyl sites for hydroxylation is 1. The number of halogens is 1. The topological polar surface area (TPSA) is 135 Å². The van der Waals surface area contributed by atoms with Crippen molar-refractivity contribution in [1.29, 1.82) is 0 Å². The lowest BCUT2D eigenvalue weighted by atomic mass is 9.98. The molecule has 4 aromatic rings. The third kappa shape index (κ3) is 13.4. The molecule has 15 heteroatoms. The molecule has 0 saturated heterocycles. The highest BCUT2D eigenvalue weighted by atomic mass is 35.5. The maximum absolute atomic E-state index is 13.8. The fourth-order valence-corrected chi connectivity index (χ4v) is 9.43. The number of ether oxygens (including phenoxy) is 1. The number of nitrogens with zero attached hydrogens (tertiary/aromatic N) is 4. The first-order chi connectivity index (χ1) is 30.6. The lowest BCUT2D eigenvalue weighted by molar-refractivity contribution is 0.0205. The second-order valence-corrected chi connectivity index (χ2v) is 31.5. The molecule has 1 aliphatic heterocycles. The predicted octanol–water partition coefficient (Wildman–Crippen LogP) is 12.1. The minimum Gasteiger partial charge on any atom is -0.444 e. The molecule has 2 N–H and O–H groups in total. The van der Waals surface area contributed by atoms with E-state index in [0.717, 1.165) is 47.5 Å². The summed E-state index contributed by atoms with van der Waals surface area (Å²) in [5, 5.41) is 6.58. The van der Waals surface area contributed by atoms with Gasteiger partial charge in [0.05, 0.1) is 29.6 Å². The van der Waals surface area contributed by atoms with Crippen molar-refractivity contribution in [2.75, 3.05) is 43.5 Å². The summed E-state index contributed by atoms with van der Waals surface area (Å²) in [5.41, 5.74) is 7.09. The smallest absolute Gasteiger partial charge is 0.410 e. The van der Waals surface area contributed by atoms with E-state index in [1.54, 1.807) is 29.3 Å². The van der Waals surface area contributed by atoms with E-state index in [1.165, 1.54) is 5.56 Å². The number of carbonyl (C=O) groups excluding carboxylic acids is 3. The Morgan fingerprint density at radius 2 is 1.38 bits per heavy atom. The summed E-state index contributed by atoms with van der Waals surface area (Å²) in [4.78, 5) is 54.0. The Balaban J connectivity index is 1.25. The Hall–Kier alpha value is -4.45. The number of hydrogen-bond donors (Lipinski definition) is 2. The number of carbonyl (C=O) groups is 3. The lowest BCUT2D eigenvalue weighted by Crippen LogP contribution is -2.44. The van der Waals surface area contributed by atoms with Crippen LogP contribution in [0.4, 0.5) is 16.2 Å². The number of amides is 3. The van der Waals surface area contributed by atoms with Crippen molar-refractivity contribution in [2.45, 2.75) is 138 Å². The van der Waals surface area contributed by atoms with Crippen LogP contribution in [0.1, 0.15) is 111 Å². The molecular formula is C51H73ClN6O6Si2. The Kier molecular flexibility index (Phi) is 16.6. The predicted molar refractivity (Wildman–Crippen MR) is 273 cm³/mol. The molecular weight excluding hydrogens is 884 g/mol. The molecule has 0 radical (unpaired) electrons. The van der Waals surface area contributed by atoms with E-state index in [4.69, 9.17) is 30.2 Å². The Morgan fingerprint density at radius 1 is 0.788 bits per heavy atom. The fourth-order valence-electron chi connectivity index (χ4n) is 7.09. The third-order valence-corrected chi connectivity index (χ3v) is 22.7. The zero-order chi connectivity index (χ0) is 49.0. The molecule has 0 saturated carbocycles. The van der Waals surface area contributed by atoms with Gasteiger partial charge in [-0.15, -0.1) is 0 Å². The van der Waals surface area contributed by atoms with Crippen molar-refractivity contribution in [3.8, 4) is 11.1 Å². The van der Waals surface area contributed by atoms with E-state index in [1.807, 2.05) is 71.0 Å². The summed E-state index contributed by atoms with van der Waals surface area (Å²) in [5.74, 6) is -0.737. The molecule has 3 amide bonds. The van der Waals surface area contributed by atoms with Crippen LogP contribution in [0.25, 0.3) is 11.1 Å². The van der Waals surface area contributed by atoms with Gasteiger partial charge in [-0.25, -0.2) is 9.78 Å². The fraction of sp³-hybridized carbons (Fsp3) is 0.510. The first-order valence-electron chi connectivity index (χ1n) is 23.0. The van der Waals surface area contributed by atoms with Crippen LogP contribution in [0.3, 0.4) is 0 Å². The summed E-state index contributed by atoms with van der Waals surface area (Å²) in [7, 11) is -3.88. The molecule has 0 unspecified atom stereocenters. The van der Waals surface area contributed by atoms with Gasteiger partial charge in [-0.3, -0.25) is 19.5 Å². The summed E-state index contributed by atoms with van der Waals surface area (Å²) in [6.07, 6.45) is 2.03. The van der Waals surface area contributed by atoms with Gasteiger partial charge in [-0.05, 0) is 129 Å². The largest absolute Gasteiger partial charge is 0.444 e. The highest BCUT2D eigenvalue weighted by molar-refractivity contribution is 6.74. The lowest BCUT2D eigenvalue weighted by Gasteiger charge is -2.37. The Labute approximate surface area is 400 Å². The first kappa shape index (κ1) is 52.5. The van der Waals surface area contributed by atoms with Crippen LogP contribution < -0.4 is 10.6 Å². The number of fused-ring (bicyclic) bond motifs is 1. The second kappa shape index (κ2) is 20.8. The Bertz CT molecular complexity index is 2390. The maximum Gasteiger partial charge on any atom is 0.410 e. The van der Waals surface area contributed by atoms with Gasteiger partial charge < -0.3 is 29.1 Å². The average molecular weight is 958 g/mol. The van der Waals surface area contributed by atoms with Gasteiger partial charge in [0, 0.05) is 50.2 Å². The molecule has 2 aromatic heterocycles. The van der Waals surface area contributed by atoms with Crippen LogP contribution in [0.15, 0.2) is 60.8 Å². The molecule has 358 valence electrons. The summed E-state index contributed by atoms with van der Waals surface area (Å²) < 4.78 is 18.5. The molecule has 0 aliphatic carbocycles. The standard InChI is InChI=1S/C51H73ClN6O6Si2/c1-34-30-43(54-44-33-57(25-24-37(34)44)26-28-62-65(12,13)50(6,7)8)47(60)56-41-21-17-19-39(45(41)52)38-18-16-20-40(35(38)2)55-46(59)42-23-22-36(31-53-42)32-58(48(61)64-49(3,4)5)27-29-63-66(14,15)51(9,10)11/h16-23,30-31H,24-29,32-33H2,1-15H3,(H,55,59)(H,56,60). The Morgan fingerprint density at radius 3 is 1.98 bits per heavy atom. The zero-order valence-electron chi connectivity index (χ0n) is 42.0. The van der Waals surface area contributed by atoms with Gasteiger partial charge in [0.15, 0.2) is 16.6 Å². The average Bonchev–Trinajstić information content (AvgIpc) is 3.20. The second-order valence-electron chi connectivity index (χ2n) is 21.5. The van der Waals surface area contributed by atoms with E-state index in [-0.39, 0.29) is 28.2 Å². The molecule has 3 heterocycles. The molecule has 0 spiro atoms. The van der Waals surface area contributed by atoms with Crippen molar-refractivity contribution in [3.05, 3.63) is 105 Å². The number of anilines is 2. The van der Waals surface area contributed by atoms with Crippen LogP contribution in [-0.2, 0) is 33.1 Å². The SMILES string of the molecule is Cc1cc(C(=O)Nc2cccc(-c3cccc(NC(=O)c4ccc(CN(CCO[Si](C)(C)C(C)(C)C)C(=O)OC(C)(C)C)cn4)c3C)c2Cl)nc2c1CCN(CCO[Si](C)(C)C(C)(C)C)C2. The van der Waals surface area contributed by atoms with Crippen LogP contribution in [0, 0.1) is 13.8 Å². The molecule has 66 heavy (non-hydrogen) atoms. The number of pyridine rings is 2. The molecule has 1 aliphatic rings. The monoisotopic (exact) mass is 956 g/mol. The molecule has 0 bridgehead atoms. The summed E-state index contributed by atoms with van der Waals surface area (Å²) in [6.45, 7) is 35.7. The van der Waals surface area contributed by atoms with Gasteiger partial charge in [0.2, 0.25) is 0 Å². The van der Waals surface area contributed by atoms with Crippen molar-refractivity contribution >= 4 is 57.5 Å². The van der Waals surface area contributed by atoms with Gasteiger partial charge in [-0.2, -0.15) is 0 Å². The van der Waals surface area contributed by atoms with Crippen molar-refractivity contribution in [2.24, 2.45) is 0 Å². The van der Waals surface area contributed by atoms with E-state index in [0.29, 0.717) is 54.0 Å². The summed E-state index contributed by atoms with van der Waals surface area (Å²) >= 11 is 7.06. The molecule has 12 nitrogen and oxygen atoms in total. The van der Waals surface area contributed by atoms with E-state index < -0.39 is 34.2 Å². The molecule has 2 aromatic carbocycles. The maximum atomic E-state index is 13.8.